The number of rotatable bonds is 22. The number of phenolic OH excluding ortho intramolecular Hbond substituents is 2. The number of carbonyl (C=O) groups is 14. The van der Waals surface area contributed by atoms with Crippen LogP contribution in [0.5, 0.6) is 11.5 Å². The first kappa shape index (κ1) is 73.7. The molecule has 0 bridgehead atoms. The first-order valence-corrected chi connectivity index (χ1v) is 31.3. The number of amides is 12. The predicted molar refractivity (Wildman–Crippen MR) is 324 cm³/mol. The third-order valence-electron chi connectivity index (χ3n) is 14.0. The number of nitrogens with one attached hydrogen (secondary N) is 10. The largest absolute Gasteiger partial charge is 0.508 e. The van der Waals surface area contributed by atoms with Gasteiger partial charge in [-0.05, 0) is 79.8 Å². The minimum absolute atomic E-state index is 0.0665. The molecule has 2 aromatic carbocycles. The minimum Gasteiger partial charge on any atom is -0.508 e. The van der Waals surface area contributed by atoms with Crippen LogP contribution in [0, 0.1) is 11.8 Å². The maximum Gasteiger partial charge on any atom is 0.305 e. The molecule has 11 atom stereocenters. The van der Waals surface area contributed by atoms with E-state index >= 15 is 0 Å². The van der Waals surface area contributed by atoms with Crippen LogP contribution in [0.4, 0.5) is 0 Å². The van der Waals surface area contributed by atoms with Gasteiger partial charge in [-0.15, -0.1) is 0 Å². The number of hydrogen-bond donors (Lipinski definition) is 16. The molecule has 2 heterocycles. The summed E-state index contributed by atoms with van der Waals surface area (Å²) in [5, 5.41) is 74.7. The van der Waals surface area contributed by atoms with E-state index in [9.17, 15) is 92.7 Å². The second-order valence-corrected chi connectivity index (χ2v) is 25.1. The molecule has 0 radical (unpaired) electrons. The second-order valence-electron chi connectivity index (χ2n) is 22.5. The summed E-state index contributed by atoms with van der Waals surface area (Å²) >= 11 is 0. The van der Waals surface area contributed by atoms with Crippen LogP contribution in [0.2, 0.25) is 0 Å². The van der Waals surface area contributed by atoms with Gasteiger partial charge in [-0.2, -0.15) is 0 Å². The van der Waals surface area contributed by atoms with E-state index in [4.69, 9.17) is 5.73 Å². The highest BCUT2D eigenvalue weighted by Gasteiger charge is 2.41. The van der Waals surface area contributed by atoms with E-state index in [1.807, 2.05) is 13.8 Å². The van der Waals surface area contributed by atoms with Crippen molar-refractivity contribution >= 4 is 104 Å². The zero-order chi connectivity index (χ0) is 67.1. The summed E-state index contributed by atoms with van der Waals surface area (Å²) in [6, 6.07) is -5.50. The molecule has 90 heavy (non-hydrogen) atoms. The number of nitrogens with two attached hydrogens (primary N) is 1. The molecule has 0 saturated carbocycles. The fraction of sp³-hybridized carbons (Fsp3) is 0.544. The Bertz CT molecular complexity index is 2940. The molecule has 0 aromatic heterocycles. The zero-order valence-corrected chi connectivity index (χ0v) is 52.0. The van der Waals surface area contributed by atoms with Crippen LogP contribution in [0.15, 0.2) is 48.5 Å². The van der Waals surface area contributed by atoms with E-state index in [0.29, 0.717) is 17.5 Å². The molecule has 0 aliphatic carbocycles. The van der Waals surface area contributed by atoms with Gasteiger partial charge in [0.15, 0.2) is 0 Å². The monoisotopic (exact) mass is 1300 g/mol. The van der Waals surface area contributed by atoms with Crippen molar-refractivity contribution in [2.45, 2.75) is 159 Å². The highest BCUT2D eigenvalue weighted by molar-refractivity contribution is 8.76. The number of phenols is 2. The summed E-state index contributed by atoms with van der Waals surface area (Å²) in [4.78, 5) is 192. The van der Waals surface area contributed by atoms with E-state index in [1.54, 1.807) is 13.8 Å². The number of benzene rings is 2. The third-order valence-corrected chi connectivity index (χ3v) is 16.4. The van der Waals surface area contributed by atoms with Crippen molar-refractivity contribution in [3.63, 3.8) is 0 Å². The number of carbonyl (C=O) groups excluding carboxylic acids is 12. The molecule has 31 nitrogen and oxygen atoms in total. The second kappa shape index (κ2) is 35.5. The highest BCUT2D eigenvalue weighted by Crippen LogP contribution is 2.26. The topological polar surface area (TPSA) is 490 Å². The van der Waals surface area contributed by atoms with Gasteiger partial charge in [0, 0.05) is 37.8 Å². The Morgan fingerprint density at radius 1 is 0.633 bits per heavy atom. The first-order valence-electron chi connectivity index (χ1n) is 28.8. The average Bonchev–Trinajstić information content (AvgIpc) is 1.91. The molecule has 2 fully saturated rings. The molecule has 2 saturated heterocycles. The SMILES string of the molecule is CC(=O)N[C@@H](CC(C)C)C(=O)N1CCC[C@H]1C(=O)N[C@H]1CSSC[C@@H](C(=O)NC(CC(C)C)C(=O)N[C@@H](CC(=O)O)C(N)=O)NC(=O)C(C(C)O)NC(=O)CNC(=O)[C@H](Cc2ccc(O)cc2)NC(=O)[C@H](Cc2ccc(O)cc2)NC(=O)[C@H](CC(=O)O)NC1=O. The van der Waals surface area contributed by atoms with Gasteiger partial charge in [-0.3, -0.25) is 67.1 Å². The maximum absolute atomic E-state index is 14.7. The lowest BCUT2D eigenvalue weighted by Crippen LogP contribution is -2.61. The van der Waals surface area contributed by atoms with Crippen molar-refractivity contribution in [1.29, 1.82) is 0 Å². The summed E-state index contributed by atoms with van der Waals surface area (Å²) in [5.41, 5.74) is 6.02. The summed E-state index contributed by atoms with van der Waals surface area (Å²) < 4.78 is 0. The van der Waals surface area contributed by atoms with Crippen LogP contribution in [-0.4, -0.2) is 204 Å². The number of nitrogens with zero attached hydrogens (tertiary/aromatic N) is 1. The van der Waals surface area contributed by atoms with Crippen LogP contribution in [0.1, 0.15) is 91.2 Å². The van der Waals surface area contributed by atoms with Crippen molar-refractivity contribution in [3.05, 3.63) is 59.7 Å². The molecular weight excluding hydrogens is 1220 g/mol. The molecule has 4 rings (SSSR count). The van der Waals surface area contributed by atoms with Crippen LogP contribution < -0.4 is 58.9 Å². The molecule has 3 unspecified atom stereocenters. The standard InChI is InChI=1S/C57H80N12O19S2/c1-27(2)18-36(50(81)61-35(48(58)79)22-45(75)76)62-54(85)42-26-90-89-25-41(66-55(86)43-8-7-17-69(43)57(88)40(19-28(3)4)60-30(6)71)53(84)65-39(23-46(77)78)52(83)64-38(21-32-11-15-34(73)16-12-32)51(82)63-37(20-31-9-13-33(72)14-10-31)49(80)59-24-44(74)68-47(29(5)70)56(87)67-42/h9-16,27-29,35-43,47,70,72-73H,7-8,17-26H2,1-6H3,(H2,58,79)(H,59,80)(H,60,71)(H,61,81)(H,62,85)(H,63,82)(H,64,83)(H,65,84)(H,66,86)(H,67,87)(H,68,74)(H,75,76)(H,77,78)/t29?,35-,36?,37-,38-,39-,40-,41-,42-,43-,47?/m0/s1. The molecule has 2 aliphatic heterocycles. The Labute approximate surface area is 525 Å². The van der Waals surface area contributed by atoms with Crippen LogP contribution in [0.3, 0.4) is 0 Å². The Kier molecular flexibility index (Phi) is 29.1. The van der Waals surface area contributed by atoms with E-state index in [0.717, 1.165) is 28.5 Å². The van der Waals surface area contributed by atoms with Crippen LogP contribution in [0.25, 0.3) is 0 Å². The fourth-order valence-corrected chi connectivity index (χ4v) is 11.8. The van der Waals surface area contributed by atoms with Gasteiger partial charge in [0.05, 0.1) is 25.5 Å². The number of aromatic hydroxyl groups is 2. The van der Waals surface area contributed by atoms with Crippen LogP contribution in [-0.2, 0) is 80.0 Å². The Morgan fingerprint density at radius 2 is 1.17 bits per heavy atom. The van der Waals surface area contributed by atoms with E-state index in [1.165, 1.54) is 60.4 Å². The number of primary amides is 1. The van der Waals surface area contributed by atoms with Crippen molar-refractivity contribution < 1.29 is 92.7 Å². The Morgan fingerprint density at radius 3 is 1.69 bits per heavy atom. The molecule has 2 aromatic rings. The van der Waals surface area contributed by atoms with Gasteiger partial charge >= 0.3 is 11.9 Å². The fourth-order valence-electron chi connectivity index (χ4n) is 9.49. The molecule has 0 spiro atoms. The van der Waals surface area contributed by atoms with Gasteiger partial charge in [0.2, 0.25) is 70.9 Å². The molecule has 17 N–H and O–H groups in total. The number of hydrogen-bond acceptors (Lipinski definition) is 19. The molecule has 33 heteroatoms. The number of carboxylic acid groups (broad SMARTS) is 2. The molecule has 2 aliphatic rings. The van der Waals surface area contributed by atoms with E-state index in [2.05, 4.69) is 53.2 Å². The van der Waals surface area contributed by atoms with Gasteiger partial charge in [-0.25, -0.2) is 0 Å². The minimum atomic E-state index is -2.03. The van der Waals surface area contributed by atoms with Gasteiger partial charge in [0.1, 0.15) is 71.9 Å². The number of likely N-dealkylation sites (tertiary alicyclic amines) is 1. The summed E-state index contributed by atoms with van der Waals surface area (Å²) in [7, 11) is 1.54. The Balaban J connectivity index is 1.86. The smallest absolute Gasteiger partial charge is 0.305 e. The van der Waals surface area contributed by atoms with Gasteiger partial charge < -0.3 is 89.3 Å². The van der Waals surface area contributed by atoms with Gasteiger partial charge in [-0.1, -0.05) is 73.5 Å². The number of aliphatic hydroxyl groups excluding tert-OH is 1. The average molecular weight is 1300 g/mol. The number of carboxylic acids is 2. The lowest BCUT2D eigenvalue weighted by atomic mass is 10.0. The van der Waals surface area contributed by atoms with E-state index in [-0.39, 0.29) is 62.0 Å². The van der Waals surface area contributed by atoms with Crippen LogP contribution >= 0.6 is 21.6 Å². The normalized spacial score (nSPS) is 22.3. The molecule has 12 amide bonds. The quantitative estimate of drug-likeness (QED) is 0.0513. The lowest BCUT2D eigenvalue weighted by molar-refractivity contribution is -0.142. The molecular formula is C57H80N12O19S2. The maximum atomic E-state index is 14.7. The molecule has 494 valence electrons. The zero-order valence-electron chi connectivity index (χ0n) is 50.4. The van der Waals surface area contributed by atoms with Crippen molar-refractivity contribution in [3.8, 4) is 11.5 Å². The summed E-state index contributed by atoms with van der Waals surface area (Å²) in [6.45, 7) is 8.44. The predicted octanol–water partition coefficient (Wildman–Crippen LogP) is -3.32. The van der Waals surface area contributed by atoms with E-state index < -0.39 is 180 Å². The van der Waals surface area contributed by atoms with Crippen molar-refractivity contribution in [2.75, 3.05) is 24.6 Å². The number of aliphatic carboxylic acids is 2. The number of aliphatic hydroxyl groups is 1. The summed E-state index contributed by atoms with van der Waals surface area (Å²) in [6.07, 6.45) is -4.05. The van der Waals surface area contributed by atoms with Crippen molar-refractivity contribution in [2.24, 2.45) is 17.6 Å². The summed E-state index contributed by atoms with van der Waals surface area (Å²) in [5.74, 6) is -17.1. The highest BCUT2D eigenvalue weighted by atomic mass is 33.1. The lowest BCUT2D eigenvalue weighted by Gasteiger charge is -2.30. The third kappa shape index (κ3) is 24.3. The Hall–Kier alpha value is -8.72. The first-order chi connectivity index (χ1) is 42.3. The van der Waals surface area contributed by atoms with Crippen molar-refractivity contribution in [1.82, 2.24) is 58.1 Å². The van der Waals surface area contributed by atoms with Gasteiger partial charge in [0.25, 0.3) is 0 Å².